The fourth-order valence-corrected chi connectivity index (χ4v) is 4.70. The van der Waals surface area contributed by atoms with Gasteiger partial charge in [-0.3, -0.25) is 9.59 Å². The molecule has 4 rings (SSSR count). The Morgan fingerprint density at radius 3 is 2.57 bits per heavy atom. The van der Waals surface area contributed by atoms with Gasteiger partial charge in [0, 0.05) is 31.7 Å². The van der Waals surface area contributed by atoms with Crippen LogP contribution in [0.5, 0.6) is 0 Å². The van der Waals surface area contributed by atoms with Gasteiger partial charge in [0.05, 0.1) is 12.1 Å². The molecule has 3 saturated heterocycles. The molecule has 3 aliphatic heterocycles. The number of likely N-dealkylation sites (tertiary alicyclic amines) is 2. The molecular formula is C22H31N3O3. The minimum atomic E-state index is -0.340. The van der Waals surface area contributed by atoms with Crippen LogP contribution in [0.2, 0.25) is 0 Å². The van der Waals surface area contributed by atoms with E-state index in [0.29, 0.717) is 13.0 Å². The van der Waals surface area contributed by atoms with Gasteiger partial charge in [-0.15, -0.1) is 0 Å². The highest BCUT2D eigenvalue weighted by Crippen LogP contribution is 2.33. The quantitative estimate of drug-likeness (QED) is 0.798. The zero-order valence-electron chi connectivity index (χ0n) is 16.6. The minimum Gasteiger partial charge on any atom is -0.363 e. The maximum absolute atomic E-state index is 12.7. The standard InChI is InChI=1S/C22H31N3O3/c26-20(9-15-23-12-4-5-13-23)24-14-6-10-22(11-16-24)18-25(21(27)17-28-22)19-7-2-1-3-8-19/h1-3,7-8H,4-6,9-18H2. The van der Waals surface area contributed by atoms with Crippen LogP contribution in [0.25, 0.3) is 0 Å². The molecule has 1 atom stereocenters. The third-order valence-electron chi connectivity index (χ3n) is 6.41. The lowest BCUT2D eigenvalue weighted by Gasteiger charge is -2.42. The molecule has 0 aliphatic carbocycles. The predicted octanol–water partition coefficient (Wildman–Crippen LogP) is 2.29. The number of amides is 2. The first-order chi connectivity index (χ1) is 13.7. The van der Waals surface area contributed by atoms with Crippen LogP contribution in [0.4, 0.5) is 5.69 Å². The van der Waals surface area contributed by atoms with Gasteiger partial charge < -0.3 is 19.4 Å². The Morgan fingerprint density at radius 1 is 1.00 bits per heavy atom. The van der Waals surface area contributed by atoms with E-state index in [-0.39, 0.29) is 24.0 Å². The zero-order chi connectivity index (χ0) is 19.4. The van der Waals surface area contributed by atoms with E-state index >= 15 is 0 Å². The van der Waals surface area contributed by atoms with Gasteiger partial charge in [-0.25, -0.2) is 0 Å². The Hall–Kier alpha value is -1.92. The van der Waals surface area contributed by atoms with E-state index < -0.39 is 0 Å². The Labute approximate surface area is 167 Å². The summed E-state index contributed by atoms with van der Waals surface area (Å²) in [6.07, 6.45) is 5.73. The van der Waals surface area contributed by atoms with E-state index in [1.165, 1.54) is 12.8 Å². The Morgan fingerprint density at radius 2 is 1.79 bits per heavy atom. The number of hydrogen-bond acceptors (Lipinski definition) is 4. The third-order valence-corrected chi connectivity index (χ3v) is 6.41. The van der Waals surface area contributed by atoms with E-state index in [4.69, 9.17) is 4.74 Å². The molecule has 1 aromatic rings. The summed E-state index contributed by atoms with van der Waals surface area (Å²) in [6, 6.07) is 9.82. The van der Waals surface area contributed by atoms with Crippen LogP contribution in [0.1, 0.15) is 38.5 Å². The monoisotopic (exact) mass is 385 g/mol. The highest BCUT2D eigenvalue weighted by molar-refractivity contribution is 5.95. The van der Waals surface area contributed by atoms with Crippen LogP contribution in [0, 0.1) is 0 Å². The van der Waals surface area contributed by atoms with Crippen molar-refractivity contribution >= 4 is 17.5 Å². The first-order valence-electron chi connectivity index (χ1n) is 10.6. The van der Waals surface area contributed by atoms with Crippen molar-refractivity contribution in [3.05, 3.63) is 30.3 Å². The van der Waals surface area contributed by atoms with Gasteiger partial charge in [0.2, 0.25) is 5.91 Å². The molecular weight excluding hydrogens is 354 g/mol. The predicted molar refractivity (Wildman–Crippen MR) is 108 cm³/mol. The van der Waals surface area contributed by atoms with Gasteiger partial charge in [-0.1, -0.05) is 18.2 Å². The number of ether oxygens (including phenoxy) is 1. The number of carbonyl (C=O) groups is 2. The maximum atomic E-state index is 12.7. The number of hydrogen-bond donors (Lipinski definition) is 0. The molecule has 28 heavy (non-hydrogen) atoms. The molecule has 6 nitrogen and oxygen atoms in total. The summed E-state index contributed by atoms with van der Waals surface area (Å²) in [5.74, 6) is 0.273. The van der Waals surface area contributed by atoms with Crippen molar-refractivity contribution < 1.29 is 14.3 Å². The molecule has 0 bridgehead atoms. The van der Waals surface area contributed by atoms with Crippen LogP contribution in [0.15, 0.2) is 30.3 Å². The second-order valence-electron chi connectivity index (χ2n) is 8.32. The van der Waals surface area contributed by atoms with E-state index in [0.717, 1.165) is 57.7 Å². The maximum Gasteiger partial charge on any atom is 0.253 e. The lowest BCUT2D eigenvalue weighted by Crippen LogP contribution is -2.55. The molecule has 152 valence electrons. The van der Waals surface area contributed by atoms with Crippen LogP contribution in [-0.2, 0) is 14.3 Å². The summed E-state index contributed by atoms with van der Waals surface area (Å²) in [5.41, 5.74) is 0.589. The van der Waals surface area contributed by atoms with Crippen molar-refractivity contribution in [3.8, 4) is 0 Å². The average molecular weight is 386 g/mol. The topological polar surface area (TPSA) is 53.1 Å². The number of para-hydroxylation sites is 1. The van der Waals surface area contributed by atoms with Gasteiger partial charge in [-0.2, -0.15) is 0 Å². The Bertz CT molecular complexity index is 690. The number of rotatable bonds is 4. The molecule has 1 aromatic carbocycles. The number of carbonyl (C=O) groups excluding carboxylic acids is 2. The molecule has 3 fully saturated rings. The van der Waals surface area contributed by atoms with Crippen LogP contribution in [0.3, 0.4) is 0 Å². The molecule has 0 aromatic heterocycles. The van der Waals surface area contributed by atoms with Gasteiger partial charge in [0.25, 0.3) is 5.91 Å². The van der Waals surface area contributed by atoms with Crippen molar-refractivity contribution in [3.63, 3.8) is 0 Å². The number of nitrogens with zero attached hydrogens (tertiary/aromatic N) is 3. The average Bonchev–Trinajstić information content (AvgIpc) is 3.16. The van der Waals surface area contributed by atoms with Crippen molar-refractivity contribution in [2.24, 2.45) is 0 Å². The van der Waals surface area contributed by atoms with Gasteiger partial charge >= 0.3 is 0 Å². The van der Waals surface area contributed by atoms with Gasteiger partial charge in [-0.05, 0) is 57.3 Å². The first-order valence-corrected chi connectivity index (χ1v) is 10.6. The van der Waals surface area contributed by atoms with Crippen molar-refractivity contribution in [1.29, 1.82) is 0 Å². The summed E-state index contributed by atoms with van der Waals surface area (Å²) >= 11 is 0. The highest BCUT2D eigenvalue weighted by atomic mass is 16.5. The van der Waals surface area contributed by atoms with Crippen LogP contribution >= 0.6 is 0 Å². The van der Waals surface area contributed by atoms with Crippen molar-refractivity contribution in [2.75, 3.05) is 50.8 Å². The summed E-state index contributed by atoms with van der Waals surface area (Å²) in [5, 5.41) is 0. The fraction of sp³-hybridized carbons (Fsp3) is 0.636. The summed E-state index contributed by atoms with van der Waals surface area (Å²) in [7, 11) is 0. The SMILES string of the molecule is O=C(CCN1CCCC1)N1CCCC2(CC1)CN(c1ccccc1)C(=O)CO2. The molecule has 1 unspecified atom stereocenters. The Kier molecular flexibility index (Phi) is 5.97. The van der Waals surface area contributed by atoms with Crippen molar-refractivity contribution in [2.45, 2.75) is 44.1 Å². The zero-order valence-corrected chi connectivity index (χ0v) is 16.6. The summed E-state index contributed by atoms with van der Waals surface area (Å²) in [4.78, 5) is 31.4. The molecule has 0 N–H and O–H groups in total. The lowest BCUT2D eigenvalue weighted by atomic mass is 9.92. The normalized spacial score (nSPS) is 26.6. The summed E-state index contributed by atoms with van der Waals surface area (Å²) < 4.78 is 6.08. The second kappa shape index (κ2) is 8.62. The third kappa shape index (κ3) is 4.39. The van der Waals surface area contributed by atoms with E-state index in [2.05, 4.69) is 4.90 Å². The molecule has 3 heterocycles. The largest absolute Gasteiger partial charge is 0.363 e. The fourth-order valence-electron chi connectivity index (χ4n) is 4.70. The lowest BCUT2D eigenvalue weighted by molar-refractivity contribution is -0.141. The molecule has 2 amide bonds. The van der Waals surface area contributed by atoms with E-state index in [1.807, 2.05) is 40.1 Å². The first kappa shape index (κ1) is 19.4. The molecule has 0 radical (unpaired) electrons. The molecule has 0 saturated carbocycles. The highest BCUT2D eigenvalue weighted by Gasteiger charge is 2.41. The second-order valence-corrected chi connectivity index (χ2v) is 8.32. The number of morpholine rings is 1. The van der Waals surface area contributed by atoms with Crippen LogP contribution < -0.4 is 4.90 Å². The molecule has 1 spiro atoms. The van der Waals surface area contributed by atoms with Crippen LogP contribution in [-0.4, -0.2) is 73.1 Å². The van der Waals surface area contributed by atoms with Crippen molar-refractivity contribution in [1.82, 2.24) is 9.80 Å². The number of anilines is 1. The summed E-state index contributed by atoms with van der Waals surface area (Å²) in [6.45, 7) is 5.36. The van der Waals surface area contributed by atoms with Gasteiger partial charge in [0.15, 0.2) is 0 Å². The molecule has 6 heteroatoms. The number of benzene rings is 1. The Balaban J connectivity index is 1.36. The smallest absolute Gasteiger partial charge is 0.253 e. The van der Waals surface area contributed by atoms with Gasteiger partial charge in [0.1, 0.15) is 6.61 Å². The van der Waals surface area contributed by atoms with E-state index in [9.17, 15) is 9.59 Å². The minimum absolute atomic E-state index is 0.0135. The van der Waals surface area contributed by atoms with E-state index in [1.54, 1.807) is 0 Å². The molecule has 3 aliphatic rings.